The van der Waals surface area contributed by atoms with Crippen molar-refractivity contribution >= 4 is 35.6 Å². The Bertz CT molecular complexity index is 815. The van der Waals surface area contributed by atoms with Crippen molar-refractivity contribution in [1.82, 2.24) is 10.2 Å². The van der Waals surface area contributed by atoms with Gasteiger partial charge in [-0.05, 0) is 39.2 Å². The third kappa shape index (κ3) is 6.94. The number of aliphatic imine (C=N–C) groups is 1. The first-order valence-corrected chi connectivity index (χ1v) is 9.60. The van der Waals surface area contributed by atoms with Crippen LogP contribution in [-0.2, 0) is 0 Å². The number of nitrogens with zero attached hydrogens (tertiary/aromatic N) is 2. The molecule has 0 fully saturated rings. The van der Waals surface area contributed by atoms with Crippen LogP contribution in [-0.4, -0.2) is 59.4 Å². The zero-order valence-corrected chi connectivity index (χ0v) is 20.9. The van der Waals surface area contributed by atoms with E-state index in [4.69, 9.17) is 19.2 Å². The topological polar surface area (TPSA) is 67.4 Å². The number of para-hydroxylation sites is 1. The minimum absolute atomic E-state index is 0. The zero-order valence-electron chi connectivity index (χ0n) is 18.6. The third-order valence-corrected chi connectivity index (χ3v) is 4.53. The van der Waals surface area contributed by atoms with E-state index in [-0.39, 0.29) is 30.0 Å². The molecule has 0 aliphatic rings. The van der Waals surface area contributed by atoms with Gasteiger partial charge in [-0.25, -0.2) is 0 Å². The molecule has 0 radical (unpaired) electrons. The van der Waals surface area contributed by atoms with Gasteiger partial charge in [-0.15, -0.1) is 24.0 Å². The summed E-state index contributed by atoms with van der Waals surface area (Å²) in [5.74, 6) is 2.90. The summed E-state index contributed by atoms with van der Waals surface area (Å²) < 4.78 is 16.2. The predicted octanol–water partition coefficient (Wildman–Crippen LogP) is 4.01. The van der Waals surface area contributed by atoms with Gasteiger partial charge in [-0.2, -0.15) is 0 Å². The molecule has 0 aliphatic heterocycles. The standard InChI is InChI=1S/C22H32N4O3.HI/c1-7-23-22(25-16-12-13-20(28-5)21(14-16)29-6)24-15-18(26(2)3)17-10-8-9-11-19(17)27-4;/h8-14,18H,7,15H2,1-6H3,(H2,23,24,25);1H. The number of benzene rings is 2. The normalized spacial score (nSPS) is 12.0. The van der Waals surface area contributed by atoms with E-state index in [0.29, 0.717) is 24.0 Å². The maximum absolute atomic E-state index is 5.54. The molecule has 0 heterocycles. The van der Waals surface area contributed by atoms with Gasteiger partial charge in [-0.1, -0.05) is 18.2 Å². The second-order valence-corrected chi connectivity index (χ2v) is 6.64. The lowest BCUT2D eigenvalue weighted by atomic mass is 10.0. The molecule has 30 heavy (non-hydrogen) atoms. The van der Waals surface area contributed by atoms with Crippen molar-refractivity contribution in [3.63, 3.8) is 0 Å². The fourth-order valence-corrected chi connectivity index (χ4v) is 3.02. The summed E-state index contributed by atoms with van der Waals surface area (Å²) >= 11 is 0. The van der Waals surface area contributed by atoms with Crippen LogP contribution in [0.3, 0.4) is 0 Å². The van der Waals surface area contributed by atoms with Crippen molar-refractivity contribution in [3.05, 3.63) is 48.0 Å². The van der Waals surface area contributed by atoms with E-state index in [1.54, 1.807) is 21.3 Å². The van der Waals surface area contributed by atoms with Crippen LogP contribution in [0.4, 0.5) is 5.69 Å². The molecule has 0 spiro atoms. The average molecular weight is 528 g/mol. The Morgan fingerprint density at radius 1 is 0.967 bits per heavy atom. The average Bonchev–Trinajstić information content (AvgIpc) is 2.73. The highest BCUT2D eigenvalue weighted by Crippen LogP contribution is 2.30. The Morgan fingerprint density at radius 2 is 1.63 bits per heavy atom. The fraction of sp³-hybridized carbons (Fsp3) is 0.409. The van der Waals surface area contributed by atoms with Gasteiger partial charge in [0.25, 0.3) is 0 Å². The lowest BCUT2D eigenvalue weighted by Gasteiger charge is -2.25. The van der Waals surface area contributed by atoms with Crippen molar-refractivity contribution in [3.8, 4) is 17.2 Å². The summed E-state index contributed by atoms with van der Waals surface area (Å²) in [4.78, 5) is 6.95. The van der Waals surface area contributed by atoms with E-state index >= 15 is 0 Å². The van der Waals surface area contributed by atoms with Gasteiger partial charge in [0.05, 0.1) is 33.9 Å². The maximum atomic E-state index is 5.54. The number of hydrogen-bond acceptors (Lipinski definition) is 5. The quantitative estimate of drug-likeness (QED) is 0.291. The Kier molecular flexibility index (Phi) is 11.3. The number of anilines is 1. The SMILES string of the molecule is CCNC(=NCC(c1ccccc1OC)N(C)C)Nc1ccc(OC)c(OC)c1.I. The number of hydrogen-bond donors (Lipinski definition) is 2. The lowest BCUT2D eigenvalue weighted by Crippen LogP contribution is -2.32. The monoisotopic (exact) mass is 528 g/mol. The molecule has 2 aromatic carbocycles. The number of likely N-dealkylation sites (N-methyl/N-ethyl adjacent to an activating group) is 1. The van der Waals surface area contributed by atoms with Gasteiger partial charge in [0, 0.05) is 23.9 Å². The molecular weight excluding hydrogens is 495 g/mol. The molecule has 2 aromatic rings. The maximum Gasteiger partial charge on any atom is 0.195 e. The van der Waals surface area contributed by atoms with E-state index in [1.807, 2.05) is 57.4 Å². The second kappa shape index (κ2) is 13.2. The molecular formula is C22H33IN4O3. The van der Waals surface area contributed by atoms with Crippen molar-refractivity contribution in [2.45, 2.75) is 13.0 Å². The summed E-state index contributed by atoms with van der Waals surface area (Å²) in [7, 11) is 9.02. The van der Waals surface area contributed by atoms with Crippen LogP contribution in [0.25, 0.3) is 0 Å². The number of guanidine groups is 1. The van der Waals surface area contributed by atoms with Crippen molar-refractivity contribution < 1.29 is 14.2 Å². The molecule has 7 nitrogen and oxygen atoms in total. The number of rotatable bonds is 9. The van der Waals surface area contributed by atoms with Crippen LogP contribution in [0.15, 0.2) is 47.5 Å². The third-order valence-electron chi connectivity index (χ3n) is 4.53. The Hall–Kier alpha value is -2.20. The first-order chi connectivity index (χ1) is 14.0. The molecule has 0 aromatic heterocycles. The van der Waals surface area contributed by atoms with E-state index in [2.05, 4.69) is 21.6 Å². The van der Waals surface area contributed by atoms with E-state index < -0.39 is 0 Å². The summed E-state index contributed by atoms with van der Waals surface area (Å²) in [5, 5.41) is 6.62. The highest BCUT2D eigenvalue weighted by atomic mass is 127. The van der Waals surface area contributed by atoms with E-state index in [0.717, 1.165) is 23.5 Å². The molecule has 1 unspecified atom stereocenters. The van der Waals surface area contributed by atoms with Gasteiger partial charge in [0.15, 0.2) is 17.5 Å². The van der Waals surface area contributed by atoms with E-state index in [9.17, 15) is 0 Å². The number of halogens is 1. The summed E-state index contributed by atoms with van der Waals surface area (Å²) in [6.07, 6.45) is 0. The fourth-order valence-electron chi connectivity index (χ4n) is 3.02. The highest BCUT2D eigenvalue weighted by Gasteiger charge is 2.18. The minimum atomic E-state index is 0. The summed E-state index contributed by atoms with van der Waals surface area (Å²) in [6, 6.07) is 13.8. The molecule has 0 amide bonds. The van der Waals surface area contributed by atoms with Crippen LogP contribution in [0, 0.1) is 0 Å². The smallest absolute Gasteiger partial charge is 0.195 e. The first kappa shape index (κ1) is 25.8. The zero-order chi connectivity index (χ0) is 21.2. The molecule has 0 saturated heterocycles. The van der Waals surface area contributed by atoms with Crippen LogP contribution in [0.5, 0.6) is 17.2 Å². The lowest BCUT2D eigenvalue weighted by molar-refractivity contribution is 0.295. The predicted molar refractivity (Wildman–Crippen MR) is 134 cm³/mol. The second-order valence-electron chi connectivity index (χ2n) is 6.64. The van der Waals surface area contributed by atoms with Crippen LogP contribution < -0.4 is 24.8 Å². The molecule has 2 rings (SSSR count). The molecule has 0 aliphatic carbocycles. The van der Waals surface area contributed by atoms with Gasteiger partial charge in [-0.3, -0.25) is 4.99 Å². The van der Waals surface area contributed by atoms with E-state index in [1.165, 1.54) is 0 Å². The summed E-state index contributed by atoms with van der Waals surface area (Å²) in [5.41, 5.74) is 1.96. The Labute approximate surface area is 196 Å². The van der Waals surface area contributed by atoms with Gasteiger partial charge in [0.2, 0.25) is 0 Å². The van der Waals surface area contributed by atoms with Crippen molar-refractivity contribution in [2.24, 2.45) is 4.99 Å². The molecule has 1 atom stereocenters. The number of ether oxygens (including phenoxy) is 3. The van der Waals surface area contributed by atoms with Crippen molar-refractivity contribution in [1.29, 1.82) is 0 Å². The van der Waals surface area contributed by atoms with Crippen LogP contribution in [0.2, 0.25) is 0 Å². The van der Waals surface area contributed by atoms with Gasteiger partial charge in [0.1, 0.15) is 5.75 Å². The largest absolute Gasteiger partial charge is 0.496 e. The Morgan fingerprint density at radius 3 is 2.23 bits per heavy atom. The molecule has 0 saturated carbocycles. The molecule has 166 valence electrons. The van der Waals surface area contributed by atoms with Gasteiger partial charge >= 0.3 is 0 Å². The molecule has 2 N–H and O–H groups in total. The molecule has 0 bridgehead atoms. The summed E-state index contributed by atoms with van der Waals surface area (Å²) in [6.45, 7) is 3.35. The first-order valence-electron chi connectivity index (χ1n) is 9.60. The number of nitrogens with one attached hydrogen (secondary N) is 2. The van der Waals surface area contributed by atoms with Crippen LogP contribution >= 0.6 is 24.0 Å². The van der Waals surface area contributed by atoms with Crippen LogP contribution in [0.1, 0.15) is 18.5 Å². The Balaban J connectivity index is 0.00000450. The van der Waals surface area contributed by atoms with Gasteiger partial charge < -0.3 is 29.7 Å². The molecule has 8 heteroatoms. The highest BCUT2D eigenvalue weighted by molar-refractivity contribution is 14.0. The number of methoxy groups -OCH3 is 3. The minimum Gasteiger partial charge on any atom is -0.496 e. The van der Waals surface area contributed by atoms with Crippen molar-refractivity contribution in [2.75, 3.05) is 53.8 Å².